The molecule has 0 fully saturated rings. The van der Waals surface area contributed by atoms with Gasteiger partial charge in [0, 0.05) is 5.56 Å². The Morgan fingerprint density at radius 2 is 1.76 bits per heavy atom. The summed E-state index contributed by atoms with van der Waals surface area (Å²) in [7, 11) is 0. The van der Waals surface area contributed by atoms with Crippen LogP contribution in [0.4, 0.5) is 5.13 Å². The van der Waals surface area contributed by atoms with E-state index >= 15 is 0 Å². The van der Waals surface area contributed by atoms with Crippen molar-refractivity contribution in [2.75, 3.05) is 25.1 Å². The third-order valence-corrected chi connectivity index (χ3v) is 3.83. The molecule has 0 aliphatic carbocycles. The Morgan fingerprint density at radius 1 is 1.16 bits per heavy atom. The molecular formula is C17H19N3O4S. The molecule has 0 atom stereocenters. The summed E-state index contributed by atoms with van der Waals surface area (Å²) in [6.45, 7) is 6.86. The number of amides is 1. The number of nitrogens with one attached hydrogen (secondary N) is 1. The summed E-state index contributed by atoms with van der Waals surface area (Å²) in [5.41, 5.74) is 0.351. The van der Waals surface area contributed by atoms with Gasteiger partial charge < -0.3 is 14.2 Å². The van der Waals surface area contributed by atoms with Gasteiger partial charge in [-0.05, 0) is 32.9 Å². The molecular weight excluding hydrogens is 342 g/mol. The second kappa shape index (κ2) is 8.89. The average Bonchev–Trinajstić information content (AvgIpc) is 3.05. The second-order valence-electron chi connectivity index (χ2n) is 4.70. The first-order valence-corrected chi connectivity index (χ1v) is 8.68. The van der Waals surface area contributed by atoms with Crippen molar-refractivity contribution in [3.05, 3.63) is 28.8 Å². The molecule has 8 heteroatoms. The van der Waals surface area contributed by atoms with Crippen molar-refractivity contribution in [3.63, 3.8) is 0 Å². The van der Waals surface area contributed by atoms with Crippen molar-refractivity contribution in [2.45, 2.75) is 20.8 Å². The molecule has 1 amide bonds. The van der Waals surface area contributed by atoms with Gasteiger partial charge in [0.1, 0.15) is 10.9 Å². The fourth-order valence-electron chi connectivity index (χ4n) is 2.07. The van der Waals surface area contributed by atoms with Crippen LogP contribution in [0.15, 0.2) is 18.3 Å². The molecule has 1 aromatic heterocycles. The van der Waals surface area contributed by atoms with Crippen molar-refractivity contribution in [1.29, 1.82) is 5.26 Å². The van der Waals surface area contributed by atoms with E-state index in [-0.39, 0.29) is 5.91 Å². The lowest BCUT2D eigenvalue weighted by atomic mass is 10.1. The molecule has 0 saturated carbocycles. The van der Waals surface area contributed by atoms with Crippen molar-refractivity contribution >= 4 is 22.4 Å². The van der Waals surface area contributed by atoms with Crippen LogP contribution in [-0.2, 0) is 0 Å². The van der Waals surface area contributed by atoms with E-state index in [0.29, 0.717) is 52.6 Å². The molecule has 7 nitrogen and oxygen atoms in total. The monoisotopic (exact) mass is 361 g/mol. The number of aromatic nitrogens is 1. The highest BCUT2D eigenvalue weighted by molar-refractivity contribution is 7.16. The zero-order valence-corrected chi connectivity index (χ0v) is 15.1. The zero-order chi connectivity index (χ0) is 18.2. The largest absolute Gasteiger partial charge is 0.490 e. The summed E-state index contributed by atoms with van der Waals surface area (Å²) in [6.07, 6.45) is 1.41. The van der Waals surface area contributed by atoms with Gasteiger partial charge in [0.25, 0.3) is 5.91 Å². The molecule has 132 valence electrons. The Bertz CT molecular complexity index is 755. The topological polar surface area (TPSA) is 93.5 Å². The first-order valence-electron chi connectivity index (χ1n) is 7.86. The minimum atomic E-state index is -0.371. The van der Waals surface area contributed by atoms with Gasteiger partial charge in [-0.25, -0.2) is 4.98 Å². The smallest absolute Gasteiger partial charge is 0.257 e. The number of hydrogen-bond acceptors (Lipinski definition) is 7. The maximum atomic E-state index is 12.5. The molecule has 1 aromatic carbocycles. The SMILES string of the molecule is CCOc1cc(C(=O)Nc2ncc(C#N)s2)cc(OCC)c1OCC. The lowest BCUT2D eigenvalue weighted by Crippen LogP contribution is -2.13. The van der Waals surface area contributed by atoms with Crippen LogP contribution < -0.4 is 19.5 Å². The third-order valence-electron chi connectivity index (χ3n) is 3.01. The lowest BCUT2D eigenvalue weighted by molar-refractivity contribution is 0.102. The maximum absolute atomic E-state index is 12.5. The number of carbonyl (C=O) groups excluding carboxylic acids is 1. The summed E-state index contributed by atoms with van der Waals surface area (Å²) in [6, 6.07) is 5.19. The standard InChI is InChI=1S/C17H19N3O4S/c1-4-22-13-7-11(8-14(23-5-2)15(13)24-6-3)16(21)20-17-19-10-12(9-18)25-17/h7-8,10H,4-6H2,1-3H3,(H,19,20,21). The van der Waals surface area contributed by atoms with Crippen molar-refractivity contribution in [3.8, 4) is 23.3 Å². The average molecular weight is 361 g/mol. The predicted octanol–water partition coefficient (Wildman–Crippen LogP) is 3.46. The molecule has 0 saturated heterocycles. The minimum absolute atomic E-state index is 0.351. The van der Waals surface area contributed by atoms with Crippen LogP contribution in [-0.4, -0.2) is 30.7 Å². The maximum Gasteiger partial charge on any atom is 0.257 e. The Labute approximate surface area is 150 Å². The molecule has 0 bridgehead atoms. The number of hydrogen-bond donors (Lipinski definition) is 1. The van der Waals surface area contributed by atoms with Crippen LogP contribution in [0, 0.1) is 11.3 Å². The van der Waals surface area contributed by atoms with E-state index in [0.717, 1.165) is 11.3 Å². The number of carbonyl (C=O) groups is 1. The van der Waals surface area contributed by atoms with Crippen LogP contribution in [0.2, 0.25) is 0 Å². The Kier molecular flexibility index (Phi) is 6.60. The minimum Gasteiger partial charge on any atom is -0.490 e. The quantitative estimate of drug-likeness (QED) is 0.774. The molecule has 0 aliphatic heterocycles. The Balaban J connectivity index is 2.35. The molecule has 0 aliphatic rings. The van der Waals surface area contributed by atoms with Crippen molar-refractivity contribution in [2.24, 2.45) is 0 Å². The Hall–Kier alpha value is -2.79. The fourth-order valence-corrected chi connectivity index (χ4v) is 2.68. The molecule has 0 unspecified atom stereocenters. The molecule has 1 N–H and O–H groups in total. The number of benzene rings is 1. The van der Waals surface area contributed by atoms with Crippen LogP contribution in [0.3, 0.4) is 0 Å². The molecule has 0 spiro atoms. The second-order valence-corrected chi connectivity index (χ2v) is 5.73. The van der Waals surface area contributed by atoms with Gasteiger partial charge in [-0.15, -0.1) is 0 Å². The molecule has 1 heterocycles. The fraction of sp³-hybridized carbons (Fsp3) is 0.353. The number of nitrogens with zero attached hydrogens (tertiary/aromatic N) is 2. The van der Waals surface area contributed by atoms with E-state index in [1.807, 2.05) is 26.8 Å². The lowest BCUT2D eigenvalue weighted by Gasteiger charge is -2.16. The van der Waals surface area contributed by atoms with Crippen LogP contribution >= 0.6 is 11.3 Å². The van der Waals surface area contributed by atoms with Crippen molar-refractivity contribution in [1.82, 2.24) is 4.98 Å². The summed E-state index contributed by atoms with van der Waals surface area (Å²) < 4.78 is 16.8. The van der Waals surface area contributed by atoms with Crippen LogP contribution in [0.5, 0.6) is 17.2 Å². The summed E-state index contributed by atoms with van der Waals surface area (Å²) in [5, 5.41) is 11.9. The van der Waals surface area contributed by atoms with E-state index in [9.17, 15) is 4.79 Å². The molecule has 2 aromatic rings. The first kappa shape index (κ1) is 18.5. The number of nitriles is 1. The third kappa shape index (κ3) is 4.61. The van der Waals surface area contributed by atoms with Gasteiger partial charge in [-0.1, -0.05) is 11.3 Å². The number of rotatable bonds is 8. The highest BCUT2D eigenvalue weighted by Crippen LogP contribution is 2.39. The van der Waals surface area contributed by atoms with E-state index in [1.165, 1.54) is 6.20 Å². The summed E-state index contributed by atoms with van der Waals surface area (Å²) in [5.74, 6) is 0.988. The van der Waals surface area contributed by atoms with Gasteiger partial charge in [0.05, 0.1) is 26.0 Å². The molecule has 2 rings (SSSR count). The Morgan fingerprint density at radius 3 is 2.24 bits per heavy atom. The van der Waals surface area contributed by atoms with Gasteiger partial charge in [-0.2, -0.15) is 5.26 Å². The predicted molar refractivity (Wildman–Crippen MR) is 94.7 cm³/mol. The van der Waals surface area contributed by atoms with Gasteiger partial charge >= 0.3 is 0 Å². The normalized spacial score (nSPS) is 10.0. The van der Waals surface area contributed by atoms with Gasteiger partial charge in [-0.3, -0.25) is 10.1 Å². The molecule has 25 heavy (non-hydrogen) atoms. The molecule has 0 radical (unpaired) electrons. The summed E-state index contributed by atoms with van der Waals surface area (Å²) >= 11 is 1.10. The van der Waals surface area contributed by atoms with Crippen LogP contribution in [0.25, 0.3) is 0 Å². The van der Waals surface area contributed by atoms with E-state index in [4.69, 9.17) is 19.5 Å². The first-order chi connectivity index (χ1) is 12.1. The van der Waals surface area contributed by atoms with E-state index in [1.54, 1.807) is 12.1 Å². The van der Waals surface area contributed by atoms with E-state index < -0.39 is 0 Å². The van der Waals surface area contributed by atoms with E-state index in [2.05, 4.69) is 10.3 Å². The van der Waals surface area contributed by atoms with Crippen molar-refractivity contribution < 1.29 is 19.0 Å². The zero-order valence-electron chi connectivity index (χ0n) is 14.3. The van der Waals surface area contributed by atoms with Gasteiger partial charge in [0.2, 0.25) is 5.75 Å². The highest BCUT2D eigenvalue weighted by atomic mass is 32.1. The number of ether oxygens (including phenoxy) is 3. The number of anilines is 1. The highest BCUT2D eigenvalue weighted by Gasteiger charge is 2.19. The van der Waals surface area contributed by atoms with Crippen LogP contribution in [0.1, 0.15) is 36.0 Å². The van der Waals surface area contributed by atoms with Gasteiger partial charge in [0.15, 0.2) is 16.6 Å². The number of thiazole rings is 1. The summed E-state index contributed by atoms with van der Waals surface area (Å²) in [4.78, 5) is 16.9.